The predicted molar refractivity (Wildman–Crippen MR) is 166 cm³/mol. The van der Waals surface area contributed by atoms with Gasteiger partial charge in [0.15, 0.2) is 0 Å². The number of nitrogens with zero attached hydrogens (tertiary/aromatic N) is 3. The summed E-state index contributed by atoms with van der Waals surface area (Å²) >= 11 is 0. The maximum absolute atomic E-state index is 4.77. The monoisotopic (exact) mass is 515 g/mol. The van der Waals surface area contributed by atoms with E-state index in [0.29, 0.717) is 5.92 Å². The Bertz CT molecular complexity index is 1630. The second-order valence-corrected chi connectivity index (χ2v) is 10.1. The van der Waals surface area contributed by atoms with Gasteiger partial charge in [-0.3, -0.25) is 4.98 Å². The number of hydrogen-bond acceptors (Lipinski definition) is 3. The number of pyridine rings is 1. The first-order chi connectivity index (χ1) is 19.8. The van der Waals surface area contributed by atoms with Crippen molar-refractivity contribution < 1.29 is 0 Å². The summed E-state index contributed by atoms with van der Waals surface area (Å²) in [4.78, 5) is 9.37. The van der Waals surface area contributed by atoms with Crippen molar-refractivity contribution in [3.05, 3.63) is 175 Å². The summed E-state index contributed by atoms with van der Waals surface area (Å²) in [6, 6.07) is 44.5. The summed E-state index contributed by atoms with van der Waals surface area (Å²) in [5, 5.41) is 0. The van der Waals surface area contributed by atoms with Crippen molar-refractivity contribution in [3.8, 4) is 0 Å². The lowest BCUT2D eigenvalue weighted by Crippen LogP contribution is -2.15. The van der Waals surface area contributed by atoms with Crippen LogP contribution in [0.5, 0.6) is 0 Å². The molecule has 0 amide bonds. The van der Waals surface area contributed by atoms with E-state index in [1.807, 2.05) is 12.4 Å². The minimum absolute atomic E-state index is 0.418. The molecule has 1 saturated carbocycles. The molecule has 40 heavy (non-hydrogen) atoms. The van der Waals surface area contributed by atoms with Crippen LogP contribution in [0.25, 0.3) is 5.57 Å². The molecule has 2 aliphatic rings. The lowest BCUT2D eigenvalue weighted by atomic mass is 10.0. The molecule has 1 heterocycles. The van der Waals surface area contributed by atoms with E-state index in [2.05, 4.69) is 155 Å². The van der Waals surface area contributed by atoms with Crippen molar-refractivity contribution in [1.29, 1.82) is 0 Å². The van der Waals surface area contributed by atoms with Crippen molar-refractivity contribution >= 4 is 34.0 Å². The first-order valence-electron chi connectivity index (χ1n) is 13.7. The molecule has 2 aliphatic carbocycles. The van der Waals surface area contributed by atoms with Gasteiger partial charge >= 0.3 is 0 Å². The fraction of sp³-hybridized carbons (Fsp3) is 0.0541. The smallest absolute Gasteiger partial charge is 0.0651 e. The molecule has 192 valence electrons. The molecule has 1 aromatic heterocycles. The van der Waals surface area contributed by atoms with Crippen molar-refractivity contribution in [2.45, 2.75) is 6.42 Å². The van der Waals surface area contributed by atoms with Gasteiger partial charge in [0, 0.05) is 40.6 Å². The van der Waals surface area contributed by atoms with E-state index in [-0.39, 0.29) is 0 Å². The van der Waals surface area contributed by atoms with Gasteiger partial charge in [-0.15, -0.1) is 0 Å². The number of rotatable bonds is 7. The number of hydrogen-bond donors (Lipinski definition) is 0. The average molecular weight is 516 g/mol. The van der Waals surface area contributed by atoms with Crippen molar-refractivity contribution in [3.63, 3.8) is 0 Å². The molecule has 0 radical (unpaired) electrons. The second kappa shape index (κ2) is 10.5. The molecular weight excluding hydrogens is 486 g/mol. The van der Waals surface area contributed by atoms with Crippen molar-refractivity contribution in [1.82, 2.24) is 4.98 Å². The molecule has 0 bridgehead atoms. The Morgan fingerprint density at radius 1 is 0.525 bits per heavy atom. The minimum atomic E-state index is 0.418. The predicted octanol–water partition coefficient (Wildman–Crippen LogP) is 9.62. The summed E-state index contributed by atoms with van der Waals surface area (Å²) in [5.41, 5.74) is 10.6. The second-order valence-electron chi connectivity index (χ2n) is 10.1. The maximum Gasteiger partial charge on any atom is 0.0651 e. The summed E-state index contributed by atoms with van der Waals surface area (Å²) in [5.74, 6) is 0.418. The van der Waals surface area contributed by atoms with E-state index in [1.165, 1.54) is 11.1 Å². The summed E-state index contributed by atoms with van der Waals surface area (Å²) in [6.45, 7) is 0. The van der Waals surface area contributed by atoms with Crippen LogP contribution in [0.3, 0.4) is 0 Å². The van der Waals surface area contributed by atoms with Gasteiger partial charge in [0.1, 0.15) is 0 Å². The largest absolute Gasteiger partial charge is 0.310 e. The molecule has 7 rings (SSSR count). The van der Waals surface area contributed by atoms with Gasteiger partial charge in [-0.05, 0) is 84.3 Å². The van der Waals surface area contributed by atoms with Gasteiger partial charge in [0.25, 0.3) is 0 Å². The van der Waals surface area contributed by atoms with E-state index in [9.17, 15) is 0 Å². The van der Waals surface area contributed by atoms with Gasteiger partial charge in [-0.25, -0.2) is 0 Å². The standard InChI is InChI=1S/C37H29N3/c1-5-13-30(14-6-1)39(31-15-7-2-8-16-31)34-22-21-28-24-36(28)37(25-34)29-23-35(27-38-26-29)40(32-17-9-3-10-18-32)33-19-11-4-12-20-33/h1-23,25-27,36H,24H2. The summed E-state index contributed by atoms with van der Waals surface area (Å²) in [7, 11) is 0. The first-order valence-corrected chi connectivity index (χ1v) is 13.7. The van der Waals surface area contributed by atoms with Crippen LogP contribution in [-0.2, 0) is 0 Å². The fourth-order valence-corrected chi connectivity index (χ4v) is 5.51. The number of para-hydroxylation sites is 4. The Balaban J connectivity index is 1.33. The van der Waals surface area contributed by atoms with Crippen LogP contribution >= 0.6 is 0 Å². The molecule has 0 aliphatic heterocycles. The van der Waals surface area contributed by atoms with E-state index in [0.717, 1.165) is 46.1 Å². The van der Waals surface area contributed by atoms with Crippen LogP contribution in [-0.4, -0.2) is 4.98 Å². The highest BCUT2D eigenvalue weighted by Crippen LogP contribution is 2.50. The van der Waals surface area contributed by atoms with Crippen LogP contribution in [0.15, 0.2) is 169 Å². The van der Waals surface area contributed by atoms with E-state index >= 15 is 0 Å². The Hall–Kier alpha value is -5.15. The van der Waals surface area contributed by atoms with Crippen molar-refractivity contribution in [2.75, 3.05) is 9.80 Å². The summed E-state index contributed by atoms with van der Waals surface area (Å²) in [6.07, 6.45) is 12.0. The van der Waals surface area contributed by atoms with Gasteiger partial charge in [0.2, 0.25) is 0 Å². The van der Waals surface area contributed by atoms with E-state index < -0.39 is 0 Å². The molecule has 5 aromatic rings. The highest BCUT2D eigenvalue weighted by molar-refractivity contribution is 5.84. The molecule has 4 aromatic carbocycles. The zero-order chi connectivity index (χ0) is 26.7. The van der Waals surface area contributed by atoms with Crippen LogP contribution in [0.1, 0.15) is 12.0 Å². The number of aromatic nitrogens is 1. The molecular formula is C37H29N3. The number of allylic oxidation sites excluding steroid dienone is 5. The van der Waals surface area contributed by atoms with Gasteiger partial charge in [-0.2, -0.15) is 0 Å². The quantitative estimate of drug-likeness (QED) is 0.215. The minimum Gasteiger partial charge on any atom is -0.310 e. The number of benzene rings is 4. The maximum atomic E-state index is 4.77. The zero-order valence-electron chi connectivity index (χ0n) is 22.1. The van der Waals surface area contributed by atoms with Crippen LogP contribution in [0, 0.1) is 5.92 Å². The third-order valence-electron chi connectivity index (χ3n) is 7.51. The SMILES string of the molecule is C1=C2CC2C(c2cncc(N(c3ccccc3)c3ccccc3)c2)=CC(N(c2ccccc2)c2ccccc2)=C1. The Morgan fingerprint density at radius 2 is 1.02 bits per heavy atom. The zero-order valence-corrected chi connectivity index (χ0v) is 22.1. The summed E-state index contributed by atoms with van der Waals surface area (Å²) < 4.78 is 0. The molecule has 3 heteroatoms. The molecule has 1 atom stereocenters. The third-order valence-corrected chi connectivity index (χ3v) is 7.51. The Morgan fingerprint density at radius 3 is 1.55 bits per heavy atom. The van der Waals surface area contributed by atoms with Gasteiger partial charge in [-0.1, -0.05) is 84.4 Å². The Kier molecular flexibility index (Phi) is 6.31. The lowest BCUT2D eigenvalue weighted by molar-refractivity contribution is 1.14. The molecule has 0 saturated heterocycles. The van der Waals surface area contributed by atoms with Crippen molar-refractivity contribution in [2.24, 2.45) is 5.92 Å². The molecule has 1 unspecified atom stereocenters. The molecule has 0 spiro atoms. The Labute approximate surface area is 235 Å². The lowest BCUT2D eigenvalue weighted by Gasteiger charge is -2.27. The van der Waals surface area contributed by atoms with E-state index in [1.54, 1.807) is 0 Å². The average Bonchev–Trinajstić information content (AvgIpc) is 3.82. The number of fused-ring (bicyclic) bond motifs is 1. The first kappa shape index (κ1) is 23.9. The van der Waals surface area contributed by atoms with Crippen LogP contribution in [0.2, 0.25) is 0 Å². The van der Waals surface area contributed by atoms with Crippen LogP contribution in [0.4, 0.5) is 28.4 Å². The van der Waals surface area contributed by atoms with Gasteiger partial charge in [0.05, 0.1) is 11.9 Å². The van der Waals surface area contributed by atoms with Crippen LogP contribution < -0.4 is 9.80 Å². The third kappa shape index (κ3) is 4.74. The normalized spacial score (nSPS) is 15.6. The number of anilines is 5. The molecule has 3 nitrogen and oxygen atoms in total. The molecule has 0 N–H and O–H groups in total. The highest BCUT2D eigenvalue weighted by Gasteiger charge is 2.35. The molecule has 1 fully saturated rings. The van der Waals surface area contributed by atoms with E-state index in [4.69, 9.17) is 4.98 Å². The topological polar surface area (TPSA) is 19.4 Å². The van der Waals surface area contributed by atoms with Gasteiger partial charge < -0.3 is 9.80 Å². The highest BCUT2D eigenvalue weighted by atomic mass is 15.2. The fourth-order valence-electron chi connectivity index (χ4n) is 5.51.